The van der Waals surface area contributed by atoms with Crippen molar-refractivity contribution in [3.05, 3.63) is 30.1 Å². The molecule has 0 aromatic carbocycles. The zero-order valence-electron chi connectivity index (χ0n) is 7.11. The number of pyridine rings is 1. The molecule has 2 N–H and O–H groups in total. The lowest BCUT2D eigenvalue weighted by Gasteiger charge is -2.33. The SMILES string of the molecule is NC1CCC1Cc1cccnc1. The van der Waals surface area contributed by atoms with Crippen LogP contribution in [0.1, 0.15) is 18.4 Å². The number of rotatable bonds is 2. The summed E-state index contributed by atoms with van der Waals surface area (Å²) < 4.78 is 0. The summed E-state index contributed by atoms with van der Waals surface area (Å²) in [6, 6.07) is 4.54. The molecule has 0 amide bonds. The normalized spacial score (nSPS) is 28.1. The van der Waals surface area contributed by atoms with Crippen LogP contribution in [0.3, 0.4) is 0 Å². The van der Waals surface area contributed by atoms with Crippen LogP contribution < -0.4 is 5.73 Å². The first kappa shape index (κ1) is 7.74. The third kappa shape index (κ3) is 1.48. The molecule has 2 rings (SSSR count). The Balaban J connectivity index is 1.95. The third-order valence-electron chi connectivity index (χ3n) is 2.70. The molecular weight excluding hydrogens is 148 g/mol. The lowest BCUT2D eigenvalue weighted by molar-refractivity contribution is 0.255. The molecule has 0 aliphatic heterocycles. The number of hydrogen-bond donors (Lipinski definition) is 1. The molecule has 1 heterocycles. The van der Waals surface area contributed by atoms with E-state index in [1.54, 1.807) is 0 Å². The molecular formula is C10H14N2. The topological polar surface area (TPSA) is 38.9 Å². The summed E-state index contributed by atoms with van der Waals surface area (Å²) in [5, 5.41) is 0. The molecule has 1 aliphatic carbocycles. The van der Waals surface area contributed by atoms with E-state index < -0.39 is 0 Å². The Morgan fingerprint density at radius 3 is 2.92 bits per heavy atom. The summed E-state index contributed by atoms with van der Waals surface area (Å²) in [7, 11) is 0. The zero-order chi connectivity index (χ0) is 8.39. The molecule has 0 saturated heterocycles. The predicted molar refractivity (Wildman–Crippen MR) is 48.6 cm³/mol. The van der Waals surface area contributed by atoms with Crippen LogP contribution >= 0.6 is 0 Å². The van der Waals surface area contributed by atoms with E-state index in [-0.39, 0.29) is 0 Å². The minimum atomic E-state index is 0.435. The summed E-state index contributed by atoms with van der Waals surface area (Å²) in [4.78, 5) is 4.08. The van der Waals surface area contributed by atoms with Gasteiger partial charge in [-0.1, -0.05) is 6.07 Å². The van der Waals surface area contributed by atoms with Gasteiger partial charge in [0.2, 0.25) is 0 Å². The summed E-state index contributed by atoms with van der Waals surface area (Å²) in [6.07, 6.45) is 7.34. The molecule has 1 saturated carbocycles. The van der Waals surface area contributed by atoms with Crippen LogP contribution in [-0.4, -0.2) is 11.0 Å². The standard InChI is InChI=1S/C10H14N2/c11-10-4-3-9(10)6-8-2-1-5-12-7-8/h1-2,5,7,9-10H,3-4,6,11H2. The van der Waals surface area contributed by atoms with Gasteiger partial charge in [0.25, 0.3) is 0 Å². The van der Waals surface area contributed by atoms with Crippen molar-refractivity contribution in [3.63, 3.8) is 0 Å². The van der Waals surface area contributed by atoms with Crippen molar-refractivity contribution in [1.29, 1.82) is 0 Å². The molecule has 2 atom stereocenters. The number of nitrogens with two attached hydrogens (primary N) is 1. The van der Waals surface area contributed by atoms with E-state index in [4.69, 9.17) is 5.73 Å². The van der Waals surface area contributed by atoms with Gasteiger partial charge in [0.1, 0.15) is 0 Å². The highest BCUT2D eigenvalue weighted by Crippen LogP contribution is 2.28. The molecule has 0 radical (unpaired) electrons. The van der Waals surface area contributed by atoms with Crippen molar-refractivity contribution in [3.8, 4) is 0 Å². The average Bonchev–Trinajstić information content (AvgIpc) is 2.14. The van der Waals surface area contributed by atoms with Gasteiger partial charge in [-0.2, -0.15) is 0 Å². The molecule has 64 valence electrons. The van der Waals surface area contributed by atoms with Crippen molar-refractivity contribution >= 4 is 0 Å². The molecule has 1 aromatic rings. The van der Waals surface area contributed by atoms with Crippen LogP contribution in [0.25, 0.3) is 0 Å². The number of hydrogen-bond acceptors (Lipinski definition) is 2. The second-order valence-corrected chi connectivity index (χ2v) is 3.57. The van der Waals surface area contributed by atoms with E-state index in [2.05, 4.69) is 11.1 Å². The van der Waals surface area contributed by atoms with Crippen molar-refractivity contribution in [2.75, 3.05) is 0 Å². The molecule has 1 aromatic heterocycles. The Morgan fingerprint density at radius 1 is 1.50 bits per heavy atom. The van der Waals surface area contributed by atoms with E-state index in [1.807, 2.05) is 18.5 Å². The first-order valence-electron chi connectivity index (χ1n) is 4.51. The zero-order valence-corrected chi connectivity index (χ0v) is 7.11. The fraction of sp³-hybridized carbons (Fsp3) is 0.500. The van der Waals surface area contributed by atoms with Crippen molar-refractivity contribution in [1.82, 2.24) is 4.98 Å². The summed E-state index contributed by atoms with van der Waals surface area (Å²) in [5.41, 5.74) is 7.17. The minimum absolute atomic E-state index is 0.435. The third-order valence-corrected chi connectivity index (χ3v) is 2.70. The van der Waals surface area contributed by atoms with Gasteiger partial charge in [0.05, 0.1) is 0 Å². The second kappa shape index (κ2) is 3.23. The van der Waals surface area contributed by atoms with E-state index in [9.17, 15) is 0 Å². The summed E-state index contributed by atoms with van der Waals surface area (Å²) >= 11 is 0. The fourth-order valence-electron chi connectivity index (χ4n) is 1.67. The lowest BCUT2D eigenvalue weighted by Crippen LogP contribution is -2.40. The van der Waals surface area contributed by atoms with Gasteiger partial charge in [-0.25, -0.2) is 0 Å². The van der Waals surface area contributed by atoms with Gasteiger partial charge in [-0.05, 0) is 36.8 Å². The monoisotopic (exact) mass is 162 g/mol. The van der Waals surface area contributed by atoms with Crippen LogP contribution in [0.5, 0.6) is 0 Å². The lowest BCUT2D eigenvalue weighted by atomic mass is 9.77. The van der Waals surface area contributed by atoms with Crippen LogP contribution in [0.15, 0.2) is 24.5 Å². The smallest absolute Gasteiger partial charge is 0.0299 e. The highest BCUT2D eigenvalue weighted by molar-refractivity contribution is 5.10. The Hall–Kier alpha value is -0.890. The van der Waals surface area contributed by atoms with Gasteiger partial charge in [0, 0.05) is 18.4 Å². The van der Waals surface area contributed by atoms with E-state index in [0.717, 1.165) is 6.42 Å². The van der Waals surface area contributed by atoms with E-state index in [1.165, 1.54) is 18.4 Å². The van der Waals surface area contributed by atoms with Gasteiger partial charge >= 0.3 is 0 Å². The maximum atomic E-state index is 5.85. The Bertz CT molecular complexity index is 245. The molecule has 12 heavy (non-hydrogen) atoms. The minimum Gasteiger partial charge on any atom is -0.327 e. The van der Waals surface area contributed by atoms with Gasteiger partial charge in [-0.3, -0.25) is 4.98 Å². The van der Waals surface area contributed by atoms with Crippen LogP contribution in [0, 0.1) is 5.92 Å². The molecule has 1 fully saturated rings. The summed E-state index contributed by atoms with van der Waals surface area (Å²) in [6.45, 7) is 0. The molecule has 2 nitrogen and oxygen atoms in total. The Kier molecular flexibility index (Phi) is 2.09. The highest BCUT2D eigenvalue weighted by Gasteiger charge is 2.26. The molecule has 2 heteroatoms. The first-order valence-corrected chi connectivity index (χ1v) is 4.51. The molecule has 2 unspecified atom stereocenters. The molecule has 0 bridgehead atoms. The van der Waals surface area contributed by atoms with Gasteiger partial charge in [0.15, 0.2) is 0 Å². The first-order chi connectivity index (χ1) is 5.86. The highest BCUT2D eigenvalue weighted by atomic mass is 14.7. The van der Waals surface area contributed by atoms with Gasteiger partial charge < -0.3 is 5.73 Å². The molecule has 1 aliphatic rings. The van der Waals surface area contributed by atoms with Crippen LogP contribution in [-0.2, 0) is 6.42 Å². The van der Waals surface area contributed by atoms with E-state index >= 15 is 0 Å². The maximum absolute atomic E-state index is 5.85. The Labute approximate surface area is 72.8 Å². The number of aromatic nitrogens is 1. The largest absolute Gasteiger partial charge is 0.327 e. The molecule has 0 spiro atoms. The number of nitrogens with zero attached hydrogens (tertiary/aromatic N) is 1. The van der Waals surface area contributed by atoms with Crippen LogP contribution in [0.4, 0.5) is 0 Å². The average molecular weight is 162 g/mol. The second-order valence-electron chi connectivity index (χ2n) is 3.57. The maximum Gasteiger partial charge on any atom is 0.0299 e. The fourth-order valence-corrected chi connectivity index (χ4v) is 1.67. The van der Waals surface area contributed by atoms with Crippen molar-refractivity contribution in [2.24, 2.45) is 11.7 Å². The predicted octanol–water partition coefficient (Wildman–Crippen LogP) is 1.36. The van der Waals surface area contributed by atoms with Crippen molar-refractivity contribution < 1.29 is 0 Å². The van der Waals surface area contributed by atoms with E-state index in [0.29, 0.717) is 12.0 Å². The van der Waals surface area contributed by atoms with Crippen LogP contribution in [0.2, 0.25) is 0 Å². The summed E-state index contributed by atoms with van der Waals surface area (Å²) in [5.74, 6) is 0.703. The van der Waals surface area contributed by atoms with Crippen molar-refractivity contribution in [2.45, 2.75) is 25.3 Å². The Morgan fingerprint density at radius 2 is 2.42 bits per heavy atom. The van der Waals surface area contributed by atoms with Gasteiger partial charge in [-0.15, -0.1) is 0 Å². The quantitative estimate of drug-likeness (QED) is 0.713.